The molecule has 0 spiro atoms. The molecule has 0 saturated heterocycles. The van der Waals surface area contributed by atoms with Gasteiger partial charge in [0.25, 0.3) is 5.69 Å². The molecular formula is C26H20N6O4. The number of non-ortho nitro benzene ring substituents is 1. The van der Waals surface area contributed by atoms with E-state index in [2.05, 4.69) is 20.6 Å². The van der Waals surface area contributed by atoms with Crippen LogP contribution in [0.5, 0.6) is 0 Å². The lowest BCUT2D eigenvalue weighted by Gasteiger charge is -2.10. The standard InChI is InChI=1S/C26H20N6O4/c1-17-7-8-19(26-29-27-16-36-26)13-23(17)28-24(33)14-20-15-31(21-5-3-2-4-6-21)30-25(20)18-9-11-22(12-10-18)32(34)35/h2-13,15-16H,14H2,1H3,(H,28,33). The van der Waals surface area contributed by atoms with Gasteiger partial charge in [0, 0.05) is 40.7 Å². The van der Waals surface area contributed by atoms with Gasteiger partial charge in [-0.3, -0.25) is 14.9 Å². The Labute approximate surface area is 205 Å². The van der Waals surface area contributed by atoms with Crippen molar-refractivity contribution >= 4 is 17.3 Å². The van der Waals surface area contributed by atoms with Crippen molar-refractivity contribution in [1.29, 1.82) is 0 Å². The number of carbonyl (C=O) groups is 1. The molecule has 1 amide bonds. The van der Waals surface area contributed by atoms with Crippen molar-refractivity contribution < 1.29 is 14.1 Å². The Bertz CT molecular complexity index is 1530. The van der Waals surface area contributed by atoms with E-state index in [0.717, 1.165) is 11.3 Å². The Balaban J connectivity index is 1.45. The monoisotopic (exact) mass is 480 g/mol. The molecule has 2 heterocycles. The molecule has 5 rings (SSSR count). The summed E-state index contributed by atoms with van der Waals surface area (Å²) < 4.78 is 6.95. The highest BCUT2D eigenvalue weighted by atomic mass is 16.6. The molecule has 178 valence electrons. The summed E-state index contributed by atoms with van der Waals surface area (Å²) in [4.78, 5) is 23.7. The van der Waals surface area contributed by atoms with Crippen LogP contribution in [0.15, 0.2) is 89.8 Å². The second kappa shape index (κ2) is 9.63. The number of para-hydroxylation sites is 1. The zero-order chi connectivity index (χ0) is 25.1. The lowest BCUT2D eigenvalue weighted by atomic mass is 10.0. The van der Waals surface area contributed by atoms with Crippen molar-refractivity contribution in [3.8, 4) is 28.4 Å². The molecule has 0 atom stereocenters. The van der Waals surface area contributed by atoms with Gasteiger partial charge in [0.2, 0.25) is 18.2 Å². The van der Waals surface area contributed by atoms with Gasteiger partial charge >= 0.3 is 0 Å². The lowest BCUT2D eigenvalue weighted by molar-refractivity contribution is -0.384. The third-order valence-corrected chi connectivity index (χ3v) is 5.63. The number of rotatable bonds is 7. The quantitative estimate of drug-likeness (QED) is 0.257. The summed E-state index contributed by atoms with van der Waals surface area (Å²) in [5.41, 5.74) is 4.93. The third kappa shape index (κ3) is 4.73. The van der Waals surface area contributed by atoms with E-state index in [1.54, 1.807) is 29.1 Å². The predicted molar refractivity (Wildman–Crippen MR) is 132 cm³/mol. The lowest BCUT2D eigenvalue weighted by Crippen LogP contribution is -2.15. The Kier molecular flexibility index (Phi) is 6.06. The van der Waals surface area contributed by atoms with Crippen molar-refractivity contribution in [2.75, 3.05) is 5.32 Å². The van der Waals surface area contributed by atoms with E-state index in [1.807, 2.05) is 49.4 Å². The minimum absolute atomic E-state index is 0.0165. The SMILES string of the molecule is Cc1ccc(-c2nnco2)cc1NC(=O)Cc1cn(-c2ccccc2)nc1-c1ccc([N+](=O)[O-])cc1. The summed E-state index contributed by atoms with van der Waals surface area (Å²) in [6, 6.07) is 21.1. The van der Waals surface area contributed by atoms with Crippen LogP contribution in [0.2, 0.25) is 0 Å². The highest BCUT2D eigenvalue weighted by molar-refractivity contribution is 5.94. The van der Waals surface area contributed by atoms with Crippen molar-refractivity contribution in [1.82, 2.24) is 20.0 Å². The fourth-order valence-electron chi connectivity index (χ4n) is 3.79. The zero-order valence-corrected chi connectivity index (χ0v) is 19.2. The molecule has 10 heteroatoms. The summed E-state index contributed by atoms with van der Waals surface area (Å²) in [7, 11) is 0. The molecule has 3 aromatic carbocycles. The number of benzene rings is 3. The molecule has 1 N–H and O–H groups in total. The number of amides is 1. The van der Waals surface area contributed by atoms with E-state index in [-0.39, 0.29) is 18.0 Å². The van der Waals surface area contributed by atoms with Gasteiger partial charge in [0.05, 0.1) is 22.7 Å². The first-order chi connectivity index (χ1) is 17.5. The van der Waals surface area contributed by atoms with E-state index in [9.17, 15) is 14.9 Å². The normalized spacial score (nSPS) is 10.8. The molecule has 0 radical (unpaired) electrons. The maximum absolute atomic E-state index is 13.1. The third-order valence-electron chi connectivity index (χ3n) is 5.63. The van der Waals surface area contributed by atoms with Gasteiger partial charge < -0.3 is 9.73 Å². The molecule has 0 saturated carbocycles. The van der Waals surface area contributed by atoms with Crippen molar-refractivity contribution in [2.45, 2.75) is 13.3 Å². The summed E-state index contributed by atoms with van der Waals surface area (Å²) in [5, 5.41) is 26.3. The molecular weight excluding hydrogens is 460 g/mol. The van der Waals surface area contributed by atoms with Gasteiger partial charge in [-0.25, -0.2) is 4.68 Å². The van der Waals surface area contributed by atoms with Crippen LogP contribution >= 0.6 is 0 Å². The van der Waals surface area contributed by atoms with Crippen LogP contribution in [0.4, 0.5) is 11.4 Å². The smallest absolute Gasteiger partial charge is 0.269 e. The van der Waals surface area contributed by atoms with Crippen molar-refractivity contribution in [3.63, 3.8) is 0 Å². The predicted octanol–water partition coefficient (Wildman–Crippen LogP) is 4.99. The van der Waals surface area contributed by atoms with Crippen LogP contribution in [0.1, 0.15) is 11.1 Å². The minimum atomic E-state index is -0.453. The first-order valence-corrected chi connectivity index (χ1v) is 11.0. The summed E-state index contributed by atoms with van der Waals surface area (Å²) in [5.74, 6) is 0.117. The van der Waals surface area contributed by atoms with Crippen LogP contribution in [0.3, 0.4) is 0 Å². The van der Waals surface area contributed by atoms with Crippen LogP contribution < -0.4 is 5.32 Å². The van der Waals surface area contributed by atoms with Crippen LogP contribution in [-0.4, -0.2) is 30.8 Å². The van der Waals surface area contributed by atoms with Gasteiger partial charge in [-0.15, -0.1) is 10.2 Å². The van der Waals surface area contributed by atoms with Gasteiger partial charge in [-0.1, -0.05) is 24.3 Å². The number of aryl methyl sites for hydroxylation is 1. The molecule has 5 aromatic rings. The van der Waals surface area contributed by atoms with Crippen molar-refractivity contribution in [2.24, 2.45) is 0 Å². The highest BCUT2D eigenvalue weighted by Gasteiger charge is 2.18. The number of nitro benzene ring substituents is 1. The number of nitrogens with one attached hydrogen (secondary N) is 1. The Morgan fingerprint density at radius 2 is 1.81 bits per heavy atom. The number of nitro groups is 1. The topological polar surface area (TPSA) is 129 Å². The Morgan fingerprint density at radius 3 is 2.50 bits per heavy atom. The highest BCUT2D eigenvalue weighted by Crippen LogP contribution is 2.28. The molecule has 0 unspecified atom stereocenters. The van der Waals surface area contributed by atoms with E-state index in [4.69, 9.17) is 4.42 Å². The molecule has 0 fully saturated rings. The number of carbonyl (C=O) groups excluding carboxylic acids is 1. The fourth-order valence-corrected chi connectivity index (χ4v) is 3.79. The van der Waals surface area contributed by atoms with Crippen LogP contribution in [-0.2, 0) is 11.2 Å². The molecule has 0 aliphatic heterocycles. The Morgan fingerprint density at radius 1 is 1.06 bits per heavy atom. The number of hydrogen-bond donors (Lipinski definition) is 1. The molecule has 0 aliphatic rings. The molecule has 0 bridgehead atoms. The largest absolute Gasteiger partial charge is 0.423 e. The Hall–Kier alpha value is -5.12. The molecule has 10 nitrogen and oxygen atoms in total. The average Bonchev–Trinajstić information content (AvgIpc) is 3.57. The first kappa shape index (κ1) is 22.7. The minimum Gasteiger partial charge on any atom is -0.423 e. The summed E-state index contributed by atoms with van der Waals surface area (Å²) >= 11 is 0. The molecule has 0 aliphatic carbocycles. The second-order valence-electron chi connectivity index (χ2n) is 8.09. The van der Waals surface area contributed by atoms with Gasteiger partial charge in [0.1, 0.15) is 0 Å². The number of aromatic nitrogens is 4. The fraction of sp³-hybridized carbons (Fsp3) is 0.0769. The second-order valence-corrected chi connectivity index (χ2v) is 8.09. The van der Waals surface area contributed by atoms with Crippen molar-refractivity contribution in [3.05, 3.63) is 107 Å². The molecule has 2 aromatic heterocycles. The van der Waals surface area contributed by atoms with Gasteiger partial charge in [0.15, 0.2) is 0 Å². The zero-order valence-electron chi connectivity index (χ0n) is 19.2. The maximum Gasteiger partial charge on any atom is 0.269 e. The number of anilines is 1. The first-order valence-electron chi connectivity index (χ1n) is 11.0. The molecule has 36 heavy (non-hydrogen) atoms. The summed E-state index contributed by atoms with van der Waals surface area (Å²) in [6.07, 6.45) is 3.09. The van der Waals surface area contributed by atoms with Gasteiger partial charge in [-0.2, -0.15) is 5.10 Å². The van der Waals surface area contributed by atoms with Gasteiger partial charge in [-0.05, 0) is 48.9 Å². The summed E-state index contributed by atoms with van der Waals surface area (Å²) in [6.45, 7) is 1.89. The number of hydrogen-bond acceptors (Lipinski definition) is 7. The van der Waals surface area contributed by atoms with E-state index in [1.165, 1.54) is 18.5 Å². The average molecular weight is 480 g/mol. The number of nitrogens with zero attached hydrogens (tertiary/aromatic N) is 5. The maximum atomic E-state index is 13.1. The van der Waals surface area contributed by atoms with Crippen LogP contribution in [0, 0.1) is 17.0 Å². The van der Waals surface area contributed by atoms with E-state index in [0.29, 0.717) is 34.0 Å². The van der Waals surface area contributed by atoms with E-state index >= 15 is 0 Å². The van der Waals surface area contributed by atoms with Crippen LogP contribution in [0.25, 0.3) is 28.4 Å². The van der Waals surface area contributed by atoms with E-state index < -0.39 is 4.92 Å².